The van der Waals surface area contributed by atoms with Gasteiger partial charge in [-0.2, -0.15) is 0 Å². The van der Waals surface area contributed by atoms with Gasteiger partial charge < -0.3 is 24.3 Å². The molecule has 2 aromatic rings. The van der Waals surface area contributed by atoms with Crippen molar-refractivity contribution >= 4 is 50.9 Å². The highest BCUT2D eigenvalue weighted by molar-refractivity contribution is 9.10. The molecule has 1 aliphatic rings. The van der Waals surface area contributed by atoms with E-state index in [9.17, 15) is 9.59 Å². The van der Waals surface area contributed by atoms with Crippen molar-refractivity contribution in [3.8, 4) is 0 Å². The summed E-state index contributed by atoms with van der Waals surface area (Å²) in [5, 5.41) is 3.39. The maximum Gasteiger partial charge on any atom is 0.410 e. The predicted octanol–water partition coefficient (Wildman–Crippen LogP) is 5.39. The highest BCUT2D eigenvalue weighted by Gasteiger charge is 2.32. The number of hydrogen-bond donors (Lipinski definition) is 1. The van der Waals surface area contributed by atoms with Crippen molar-refractivity contribution in [3.05, 3.63) is 45.8 Å². The molecule has 1 saturated heterocycles. The normalized spacial score (nSPS) is 17.1. The van der Waals surface area contributed by atoms with Crippen molar-refractivity contribution in [1.29, 1.82) is 0 Å². The first-order valence-electron chi connectivity index (χ1n) is 9.65. The van der Waals surface area contributed by atoms with E-state index in [1.807, 2.05) is 27.7 Å². The summed E-state index contributed by atoms with van der Waals surface area (Å²) in [6.45, 7) is 9.11. The second-order valence-corrected chi connectivity index (χ2v) is 9.35. The number of piperazine rings is 1. The van der Waals surface area contributed by atoms with E-state index in [1.54, 1.807) is 35.2 Å². The SMILES string of the molecule is CC1CN(c2c(Cl)cccc2NC(=O)c2ccc(Br)o2)CCN1C(=O)OC(C)(C)C. The van der Waals surface area contributed by atoms with Crippen LogP contribution in [0.15, 0.2) is 39.4 Å². The fraction of sp³-hybridized carbons (Fsp3) is 0.429. The van der Waals surface area contributed by atoms with Crippen LogP contribution in [0.1, 0.15) is 38.2 Å². The lowest BCUT2D eigenvalue weighted by atomic mass is 10.1. The number of amides is 2. The highest BCUT2D eigenvalue weighted by atomic mass is 79.9. The number of carbonyl (C=O) groups is 2. The Kier molecular flexibility index (Phi) is 6.67. The monoisotopic (exact) mass is 497 g/mol. The summed E-state index contributed by atoms with van der Waals surface area (Å²) in [6.07, 6.45) is -0.328. The van der Waals surface area contributed by atoms with Gasteiger partial charge in [-0.15, -0.1) is 0 Å². The molecule has 3 rings (SSSR count). The van der Waals surface area contributed by atoms with Crippen LogP contribution in [0.4, 0.5) is 16.2 Å². The van der Waals surface area contributed by atoms with Crippen molar-refractivity contribution in [2.45, 2.75) is 39.3 Å². The van der Waals surface area contributed by atoms with E-state index in [4.69, 9.17) is 20.8 Å². The fourth-order valence-electron chi connectivity index (χ4n) is 3.31. The molecule has 1 aromatic carbocycles. The molecule has 1 aromatic heterocycles. The Morgan fingerprint density at radius 1 is 1.23 bits per heavy atom. The van der Waals surface area contributed by atoms with E-state index in [0.29, 0.717) is 40.7 Å². The molecule has 1 unspecified atom stereocenters. The Hall–Kier alpha value is -2.19. The standard InChI is InChI=1S/C21H25BrClN3O4/c1-13-12-25(10-11-26(13)20(28)30-21(2,3)4)18-14(23)6-5-7-15(18)24-19(27)16-8-9-17(22)29-16/h5-9,13H,10-12H2,1-4H3,(H,24,27). The number of rotatable bonds is 3. The van der Waals surface area contributed by atoms with Gasteiger partial charge in [-0.3, -0.25) is 4.79 Å². The first kappa shape index (κ1) is 22.5. The van der Waals surface area contributed by atoms with Gasteiger partial charge in [0.2, 0.25) is 0 Å². The number of nitrogens with one attached hydrogen (secondary N) is 1. The van der Waals surface area contributed by atoms with Crippen LogP contribution in [0.3, 0.4) is 0 Å². The first-order chi connectivity index (χ1) is 14.0. The van der Waals surface area contributed by atoms with Crippen LogP contribution in [0.25, 0.3) is 0 Å². The Morgan fingerprint density at radius 3 is 2.57 bits per heavy atom. The predicted molar refractivity (Wildman–Crippen MR) is 120 cm³/mol. The first-order valence-corrected chi connectivity index (χ1v) is 10.8. The minimum atomic E-state index is -0.547. The van der Waals surface area contributed by atoms with Gasteiger partial charge in [-0.25, -0.2) is 4.79 Å². The smallest absolute Gasteiger partial charge is 0.410 e. The highest BCUT2D eigenvalue weighted by Crippen LogP contribution is 2.36. The number of ether oxygens (including phenoxy) is 1. The lowest BCUT2D eigenvalue weighted by molar-refractivity contribution is 0.0159. The zero-order chi connectivity index (χ0) is 22.1. The molecule has 0 saturated carbocycles. The molecule has 2 heterocycles. The second-order valence-electron chi connectivity index (χ2n) is 8.16. The summed E-state index contributed by atoms with van der Waals surface area (Å²) in [6, 6.07) is 8.51. The quantitative estimate of drug-likeness (QED) is 0.614. The molecule has 1 N–H and O–H groups in total. The second kappa shape index (κ2) is 8.89. The van der Waals surface area contributed by atoms with Crippen LogP contribution < -0.4 is 10.2 Å². The van der Waals surface area contributed by atoms with Crippen LogP contribution in [0, 0.1) is 0 Å². The van der Waals surface area contributed by atoms with Crippen molar-refractivity contribution in [2.24, 2.45) is 0 Å². The fourth-order valence-corrected chi connectivity index (χ4v) is 3.91. The number of halogens is 2. The Morgan fingerprint density at radius 2 is 1.97 bits per heavy atom. The van der Waals surface area contributed by atoms with Crippen LogP contribution in [0.5, 0.6) is 0 Å². The minimum Gasteiger partial charge on any atom is -0.444 e. The lowest BCUT2D eigenvalue weighted by Crippen LogP contribution is -2.55. The molecule has 1 atom stereocenters. The molecule has 0 bridgehead atoms. The van der Waals surface area contributed by atoms with E-state index in [-0.39, 0.29) is 23.8 Å². The van der Waals surface area contributed by atoms with Crippen molar-refractivity contribution < 1.29 is 18.7 Å². The molecule has 9 heteroatoms. The number of hydrogen-bond acceptors (Lipinski definition) is 5. The molecule has 0 radical (unpaired) electrons. The molecule has 7 nitrogen and oxygen atoms in total. The number of anilines is 2. The topological polar surface area (TPSA) is 75.0 Å². The maximum absolute atomic E-state index is 12.6. The third-order valence-corrected chi connectivity index (χ3v) is 5.33. The third kappa shape index (κ3) is 5.29. The number of furan rings is 1. The summed E-state index contributed by atoms with van der Waals surface area (Å²) in [4.78, 5) is 28.8. The van der Waals surface area contributed by atoms with Crippen LogP contribution in [0.2, 0.25) is 5.02 Å². The van der Waals surface area contributed by atoms with Gasteiger partial charge in [0.15, 0.2) is 10.4 Å². The zero-order valence-electron chi connectivity index (χ0n) is 17.4. The van der Waals surface area contributed by atoms with E-state index < -0.39 is 5.60 Å². The summed E-state index contributed by atoms with van der Waals surface area (Å²) in [5.74, 6) is -0.180. The van der Waals surface area contributed by atoms with Gasteiger partial charge in [0, 0.05) is 25.7 Å². The minimum absolute atomic E-state index is 0.0885. The van der Waals surface area contributed by atoms with Gasteiger partial charge in [0.05, 0.1) is 16.4 Å². The molecule has 30 heavy (non-hydrogen) atoms. The summed E-state index contributed by atoms with van der Waals surface area (Å²) in [5.41, 5.74) is 0.751. The average molecular weight is 499 g/mol. The van der Waals surface area contributed by atoms with Crippen molar-refractivity contribution in [2.75, 3.05) is 29.9 Å². The molecular formula is C21H25BrClN3O4. The van der Waals surface area contributed by atoms with Crippen molar-refractivity contribution in [1.82, 2.24) is 4.90 Å². The van der Waals surface area contributed by atoms with Crippen molar-refractivity contribution in [3.63, 3.8) is 0 Å². The Balaban J connectivity index is 1.77. The van der Waals surface area contributed by atoms with Gasteiger partial charge in [0.1, 0.15) is 5.60 Å². The molecule has 0 spiro atoms. The molecule has 1 aliphatic heterocycles. The molecule has 2 amide bonds. The Bertz CT molecular complexity index is 941. The largest absolute Gasteiger partial charge is 0.444 e. The molecular weight excluding hydrogens is 474 g/mol. The van der Waals surface area contributed by atoms with E-state index in [0.717, 1.165) is 0 Å². The Labute approximate surface area is 189 Å². The van der Waals surface area contributed by atoms with Crippen LogP contribution in [-0.2, 0) is 4.74 Å². The molecule has 1 fully saturated rings. The van der Waals surface area contributed by atoms with Crippen LogP contribution >= 0.6 is 27.5 Å². The van der Waals surface area contributed by atoms with Gasteiger partial charge in [-0.1, -0.05) is 17.7 Å². The van der Waals surface area contributed by atoms with Crippen LogP contribution in [-0.4, -0.2) is 48.2 Å². The maximum atomic E-state index is 12.6. The number of carbonyl (C=O) groups excluding carboxylic acids is 2. The van der Waals surface area contributed by atoms with E-state index in [2.05, 4.69) is 26.1 Å². The van der Waals surface area contributed by atoms with E-state index in [1.165, 1.54) is 0 Å². The molecule has 0 aliphatic carbocycles. The zero-order valence-corrected chi connectivity index (χ0v) is 19.7. The lowest BCUT2D eigenvalue weighted by Gasteiger charge is -2.42. The molecule has 162 valence electrons. The summed E-state index contributed by atoms with van der Waals surface area (Å²) >= 11 is 9.70. The summed E-state index contributed by atoms with van der Waals surface area (Å²) in [7, 11) is 0. The third-order valence-electron chi connectivity index (χ3n) is 4.60. The van der Waals surface area contributed by atoms with Gasteiger partial charge in [0.25, 0.3) is 5.91 Å². The average Bonchev–Trinajstić information content (AvgIpc) is 3.07. The van der Waals surface area contributed by atoms with Gasteiger partial charge in [-0.05, 0) is 67.9 Å². The number of para-hydroxylation sites is 1. The number of nitrogens with zero attached hydrogens (tertiary/aromatic N) is 2. The number of benzene rings is 1. The summed E-state index contributed by atoms with van der Waals surface area (Å²) < 4.78 is 11.3. The van der Waals surface area contributed by atoms with E-state index >= 15 is 0 Å². The van der Waals surface area contributed by atoms with Gasteiger partial charge >= 0.3 is 6.09 Å².